The molecule has 2 heterocycles. The highest BCUT2D eigenvalue weighted by atomic mass is 16.7. The molecule has 0 aromatic heterocycles. The standard InChI is InChI=1S/C20H26O5/c1-21-15-9-7-14(8-10-15)20-22-13-18-17(25-20)11-12-19(24-18)23-16-5-3-2-4-6-16/h7-12,16-20H,2-6,13H2,1H3. The van der Waals surface area contributed by atoms with Crippen LogP contribution in [0.25, 0.3) is 0 Å². The Kier molecular flexibility index (Phi) is 5.36. The Bertz CT molecular complexity index is 578. The highest BCUT2D eigenvalue weighted by Gasteiger charge is 2.36. The maximum Gasteiger partial charge on any atom is 0.184 e. The van der Waals surface area contributed by atoms with Crippen molar-refractivity contribution in [2.75, 3.05) is 13.7 Å². The molecular formula is C20H26O5. The SMILES string of the molecule is COc1ccc(C2OCC3OC(OC4CCCCC4)C=CC3O2)cc1. The minimum absolute atomic E-state index is 0.105. The van der Waals surface area contributed by atoms with Crippen LogP contribution in [0.1, 0.15) is 44.0 Å². The van der Waals surface area contributed by atoms with E-state index < -0.39 is 0 Å². The van der Waals surface area contributed by atoms with Crippen LogP contribution in [0, 0.1) is 0 Å². The van der Waals surface area contributed by atoms with Gasteiger partial charge in [0.1, 0.15) is 18.0 Å². The second kappa shape index (κ2) is 7.87. The van der Waals surface area contributed by atoms with E-state index in [2.05, 4.69) is 6.08 Å². The van der Waals surface area contributed by atoms with Crippen LogP contribution in [-0.4, -0.2) is 38.3 Å². The van der Waals surface area contributed by atoms with E-state index >= 15 is 0 Å². The molecule has 4 rings (SSSR count). The Balaban J connectivity index is 1.35. The monoisotopic (exact) mass is 346 g/mol. The summed E-state index contributed by atoms with van der Waals surface area (Å²) in [5.41, 5.74) is 0.980. The molecule has 2 fully saturated rings. The van der Waals surface area contributed by atoms with Crippen LogP contribution in [-0.2, 0) is 18.9 Å². The molecular weight excluding hydrogens is 320 g/mol. The normalized spacial score (nSPS) is 33.0. The number of hydrogen-bond acceptors (Lipinski definition) is 5. The zero-order valence-electron chi connectivity index (χ0n) is 14.6. The molecule has 0 radical (unpaired) electrons. The van der Waals surface area contributed by atoms with Gasteiger partial charge >= 0.3 is 0 Å². The highest BCUT2D eigenvalue weighted by Crippen LogP contribution is 2.32. The van der Waals surface area contributed by atoms with Crippen LogP contribution < -0.4 is 4.74 Å². The van der Waals surface area contributed by atoms with E-state index in [1.54, 1.807) is 7.11 Å². The van der Waals surface area contributed by atoms with Crippen LogP contribution in [0.15, 0.2) is 36.4 Å². The maximum atomic E-state index is 6.08. The Morgan fingerprint density at radius 1 is 0.960 bits per heavy atom. The van der Waals surface area contributed by atoms with Crippen molar-refractivity contribution in [3.05, 3.63) is 42.0 Å². The first-order chi connectivity index (χ1) is 12.3. The Labute approximate surface area is 148 Å². The molecule has 25 heavy (non-hydrogen) atoms. The minimum atomic E-state index is -0.379. The van der Waals surface area contributed by atoms with E-state index in [0.29, 0.717) is 12.7 Å². The number of benzene rings is 1. The number of hydrogen-bond donors (Lipinski definition) is 0. The van der Waals surface area contributed by atoms with Crippen molar-refractivity contribution in [2.45, 2.75) is 63.0 Å². The van der Waals surface area contributed by atoms with E-state index in [9.17, 15) is 0 Å². The summed E-state index contributed by atoms with van der Waals surface area (Å²) in [4.78, 5) is 0. The molecule has 5 heteroatoms. The maximum absolute atomic E-state index is 6.08. The number of ether oxygens (including phenoxy) is 5. The molecule has 0 amide bonds. The van der Waals surface area contributed by atoms with Gasteiger partial charge in [-0.3, -0.25) is 0 Å². The second-order valence-corrected chi connectivity index (χ2v) is 6.86. The van der Waals surface area contributed by atoms with Crippen LogP contribution in [0.4, 0.5) is 0 Å². The van der Waals surface area contributed by atoms with Gasteiger partial charge in [0.05, 0.1) is 19.8 Å². The largest absolute Gasteiger partial charge is 0.497 e. The van der Waals surface area contributed by atoms with Crippen molar-refractivity contribution in [3.63, 3.8) is 0 Å². The van der Waals surface area contributed by atoms with Crippen LogP contribution in [0.5, 0.6) is 5.75 Å². The van der Waals surface area contributed by atoms with Crippen molar-refractivity contribution in [1.82, 2.24) is 0 Å². The van der Waals surface area contributed by atoms with Crippen LogP contribution >= 0.6 is 0 Å². The fraction of sp³-hybridized carbons (Fsp3) is 0.600. The lowest BCUT2D eigenvalue weighted by molar-refractivity contribution is -0.288. The summed E-state index contributed by atoms with van der Waals surface area (Å²) >= 11 is 0. The predicted octanol–water partition coefficient (Wildman–Crippen LogP) is 3.74. The van der Waals surface area contributed by atoms with E-state index in [1.165, 1.54) is 19.3 Å². The Morgan fingerprint density at radius 2 is 1.76 bits per heavy atom. The molecule has 4 unspecified atom stereocenters. The summed E-state index contributed by atoms with van der Waals surface area (Å²) in [7, 11) is 1.66. The van der Waals surface area contributed by atoms with Crippen LogP contribution in [0.3, 0.4) is 0 Å². The summed E-state index contributed by atoms with van der Waals surface area (Å²) in [5, 5.41) is 0. The van der Waals surface area contributed by atoms with Crippen LogP contribution in [0.2, 0.25) is 0 Å². The topological polar surface area (TPSA) is 46.2 Å². The Morgan fingerprint density at radius 3 is 2.52 bits per heavy atom. The van der Waals surface area contributed by atoms with E-state index in [-0.39, 0.29) is 24.8 Å². The first-order valence-corrected chi connectivity index (χ1v) is 9.22. The average molecular weight is 346 g/mol. The fourth-order valence-electron chi connectivity index (χ4n) is 3.65. The first kappa shape index (κ1) is 17.0. The van der Waals surface area contributed by atoms with Gasteiger partial charge in [-0.05, 0) is 31.1 Å². The third-order valence-corrected chi connectivity index (χ3v) is 5.09. The van der Waals surface area contributed by atoms with Crippen molar-refractivity contribution in [1.29, 1.82) is 0 Å². The quantitative estimate of drug-likeness (QED) is 0.777. The molecule has 1 saturated heterocycles. The molecule has 0 N–H and O–H groups in total. The molecule has 1 aliphatic carbocycles. The Hall–Kier alpha value is -1.40. The lowest BCUT2D eigenvalue weighted by Gasteiger charge is -2.39. The summed E-state index contributed by atoms with van der Waals surface area (Å²) in [6.45, 7) is 0.496. The summed E-state index contributed by atoms with van der Waals surface area (Å²) in [6, 6.07) is 7.75. The summed E-state index contributed by atoms with van der Waals surface area (Å²) in [5.74, 6) is 0.820. The second-order valence-electron chi connectivity index (χ2n) is 6.86. The predicted molar refractivity (Wildman–Crippen MR) is 92.3 cm³/mol. The summed E-state index contributed by atoms with van der Waals surface area (Å²) in [6.07, 6.45) is 9.56. The van der Waals surface area contributed by atoms with Gasteiger partial charge in [0.15, 0.2) is 12.6 Å². The van der Waals surface area contributed by atoms with Gasteiger partial charge in [-0.15, -0.1) is 0 Å². The van der Waals surface area contributed by atoms with E-state index in [0.717, 1.165) is 24.2 Å². The molecule has 1 saturated carbocycles. The molecule has 5 nitrogen and oxygen atoms in total. The molecule has 0 spiro atoms. The highest BCUT2D eigenvalue weighted by molar-refractivity contribution is 5.28. The lowest BCUT2D eigenvalue weighted by Crippen LogP contribution is -2.46. The van der Waals surface area contributed by atoms with Crippen molar-refractivity contribution in [3.8, 4) is 5.75 Å². The van der Waals surface area contributed by atoms with Gasteiger partial charge in [0.25, 0.3) is 0 Å². The van der Waals surface area contributed by atoms with E-state index in [1.807, 2.05) is 30.3 Å². The molecule has 1 aromatic carbocycles. The third kappa shape index (κ3) is 4.06. The van der Waals surface area contributed by atoms with Gasteiger partial charge in [-0.25, -0.2) is 0 Å². The molecule has 3 aliphatic rings. The van der Waals surface area contributed by atoms with Crippen molar-refractivity contribution >= 4 is 0 Å². The smallest absolute Gasteiger partial charge is 0.184 e. The van der Waals surface area contributed by atoms with Gasteiger partial charge in [-0.2, -0.15) is 0 Å². The molecule has 0 bridgehead atoms. The van der Waals surface area contributed by atoms with E-state index in [4.69, 9.17) is 23.7 Å². The van der Waals surface area contributed by atoms with Gasteiger partial charge in [0, 0.05) is 5.56 Å². The molecule has 4 atom stereocenters. The molecule has 136 valence electrons. The molecule has 2 aliphatic heterocycles. The summed E-state index contributed by atoms with van der Waals surface area (Å²) < 4.78 is 29.2. The zero-order valence-corrected chi connectivity index (χ0v) is 14.6. The van der Waals surface area contributed by atoms with Crippen molar-refractivity contribution in [2.24, 2.45) is 0 Å². The van der Waals surface area contributed by atoms with Gasteiger partial charge < -0.3 is 23.7 Å². The number of fused-ring (bicyclic) bond motifs is 1. The zero-order chi connectivity index (χ0) is 17.1. The van der Waals surface area contributed by atoms with Gasteiger partial charge in [0.2, 0.25) is 0 Å². The van der Waals surface area contributed by atoms with Crippen molar-refractivity contribution < 1.29 is 23.7 Å². The number of methoxy groups -OCH3 is 1. The minimum Gasteiger partial charge on any atom is -0.497 e. The van der Waals surface area contributed by atoms with Gasteiger partial charge in [-0.1, -0.05) is 37.5 Å². The number of rotatable bonds is 4. The third-order valence-electron chi connectivity index (χ3n) is 5.09. The first-order valence-electron chi connectivity index (χ1n) is 9.22. The average Bonchev–Trinajstić information content (AvgIpc) is 2.68. The fourth-order valence-corrected chi connectivity index (χ4v) is 3.65. The molecule has 1 aromatic rings. The lowest BCUT2D eigenvalue weighted by atomic mass is 9.98.